The van der Waals surface area contributed by atoms with Crippen LogP contribution in [0.2, 0.25) is 0 Å². The number of carbonyl (C=O) groups excluding carboxylic acids is 1. The molecule has 3 N–H and O–H groups in total. The van der Waals surface area contributed by atoms with Gasteiger partial charge in [0.15, 0.2) is 6.04 Å². The van der Waals surface area contributed by atoms with Crippen molar-refractivity contribution in [1.82, 2.24) is 20.4 Å². The van der Waals surface area contributed by atoms with Gasteiger partial charge < -0.3 is 15.7 Å². The molecule has 0 fully saturated rings. The highest BCUT2D eigenvalue weighted by Crippen LogP contribution is 2.15. The zero-order valence-electron chi connectivity index (χ0n) is 11.7. The van der Waals surface area contributed by atoms with E-state index in [1.54, 1.807) is 24.6 Å². The molecule has 2 aromatic rings. The number of nitrogens with zero attached hydrogens (tertiary/aromatic N) is 2. The monoisotopic (exact) mass is 308 g/mol. The first-order chi connectivity index (χ1) is 9.95. The minimum Gasteiger partial charge on any atom is -0.479 e. The lowest BCUT2D eigenvalue weighted by Gasteiger charge is -2.13. The van der Waals surface area contributed by atoms with Crippen LogP contribution < -0.4 is 10.6 Å². The largest absolute Gasteiger partial charge is 0.479 e. The summed E-state index contributed by atoms with van der Waals surface area (Å²) in [7, 11) is 1.68. The molecule has 112 valence electrons. The van der Waals surface area contributed by atoms with E-state index in [9.17, 15) is 14.7 Å². The number of carboxylic acid groups (broad SMARTS) is 1. The summed E-state index contributed by atoms with van der Waals surface area (Å²) in [5.41, 5.74) is 0.423. The predicted octanol–water partition coefficient (Wildman–Crippen LogP) is 1.42. The van der Waals surface area contributed by atoms with Crippen LogP contribution in [-0.2, 0) is 18.4 Å². The third kappa shape index (κ3) is 4.06. The van der Waals surface area contributed by atoms with E-state index in [-0.39, 0.29) is 0 Å². The average Bonchev–Trinajstić information content (AvgIpc) is 3.02. The topological polar surface area (TPSA) is 96.2 Å². The summed E-state index contributed by atoms with van der Waals surface area (Å²) in [4.78, 5) is 25.2. The smallest absolute Gasteiger partial charge is 0.331 e. The Bertz CT molecular complexity index is 649. The Kier molecular flexibility index (Phi) is 4.59. The first-order valence-electron chi connectivity index (χ1n) is 6.26. The van der Waals surface area contributed by atoms with Gasteiger partial charge in [-0.05, 0) is 19.1 Å². The quantitative estimate of drug-likeness (QED) is 0.778. The van der Waals surface area contributed by atoms with Crippen LogP contribution in [-0.4, -0.2) is 26.9 Å². The lowest BCUT2D eigenvalue weighted by molar-refractivity contribution is -0.139. The lowest BCUT2D eigenvalue weighted by Crippen LogP contribution is -2.40. The second-order valence-electron chi connectivity index (χ2n) is 4.56. The summed E-state index contributed by atoms with van der Waals surface area (Å²) < 4.78 is 1.49. The number of thiophene rings is 1. The zero-order valence-corrected chi connectivity index (χ0v) is 12.5. The maximum atomic E-state index is 11.8. The van der Waals surface area contributed by atoms with Gasteiger partial charge in [-0.3, -0.25) is 4.68 Å². The van der Waals surface area contributed by atoms with Gasteiger partial charge in [0.25, 0.3) is 0 Å². The first kappa shape index (κ1) is 15.0. The summed E-state index contributed by atoms with van der Waals surface area (Å²) in [6, 6.07) is 2.24. The zero-order chi connectivity index (χ0) is 15.4. The average molecular weight is 308 g/mol. The fraction of sp³-hybridized carbons (Fsp3) is 0.308. The van der Waals surface area contributed by atoms with Gasteiger partial charge in [-0.25, -0.2) is 9.59 Å². The van der Waals surface area contributed by atoms with Crippen LogP contribution in [0.1, 0.15) is 21.4 Å². The fourth-order valence-corrected chi connectivity index (χ4v) is 2.64. The number of rotatable bonds is 5. The number of urea groups is 1. The molecule has 0 aliphatic heterocycles. The fourth-order valence-electron chi connectivity index (χ4n) is 1.81. The first-order valence-corrected chi connectivity index (χ1v) is 7.08. The van der Waals surface area contributed by atoms with Crippen LogP contribution in [0.25, 0.3) is 0 Å². The minimum absolute atomic E-state index is 0.365. The van der Waals surface area contributed by atoms with Crippen molar-refractivity contribution < 1.29 is 14.7 Å². The summed E-state index contributed by atoms with van der Waals surface area (Å²) in [5, 5.41) is 18.2. The van der Waals surface area contributed by atoms with E-state index >= 15 is 0 Å². The number of hydrogen-bond acceptors (Lipinski definition) is 4. The number of aliphatic carboxylic acids is 1. The molecule has 2 aromatic heterocycles. The van der Waals surface area contributed by atoms with E-state index in [4.69, 9.17) is 0 Å². The van der Waals surface area contributed by atoms with Crippen LogP contribution in [0.15, 0.2) is 24.5 Å². The maximum absolute atomic E-state index is 11.8. The predicted molar refractivity (Wildman–Crippen MR) is 78.0 cm³/mol. The summed E-state index contributed by atoms with van der Waals surface area (Å²) in [6.07, 6.45) is 2.98. The van der Waals surface area contributed by atoms with Crippen molar-refractivity contribution in [1.29, 1.82) is 0 Å². The minimum atomic E-state index is -1.13. The van der Waals surface area contributed by atoms with Crippen LogP contribution in [0.3, 0.4) is 0 Å². The van der Waals surface area contributed by atoms with Crippen molar-refractivity contribution in [3.63, 3.8) is 0 Å². The standard InChI is InChI=1S/C13H16N4O3S/c1-8-3-4-10(21-8)6-14-13(20)16-11(12(18)19)9-5-15-17(2)7-9/h3-5,7,11H,6H2,1-2H3,(H,18,19)(H2,14,16,20). The van der Waals surface area contributed by atoms with E-state index in [2.05, 4.69) is 15.7 Å². The van der Waals surface area contributed by atoms with Crippen molar-refractivity contribution in [2.24, 2.45) is 7.05 Å². The number of carbonyl (C=O) groups is 2. The number of amides is 2. The molecule has 0 radical (unpaired) electrons. The Morgan fingerprint density at radius 1 is 1.48 bits per heavy atom. The van der Waals surface area contributed by atoms with Gasteiger partial charge in [-0.2, -0.15) is 5.10 Å². The van der Waals surface area contributed by atoms with Gasteiger partial charge in [0.05, 0.1) is 12.7 Å². The molecular weight excluding hydrogens is 292 g/mol. The molecule has 0 spiro atoms. The van der Waals surface area contributed by atoms with E-state index in [0.717, 1.165) is 9.75 Å². The van der Waals surface area contributed by atoms with Gasteiger partial charge in [-0.1, -0.05) is 0 Å². The molecule has 21 heavy (non-hydrogen) atoms. The number of aryl methyl sites for hydroxylation is 2. The molecule has 0 saturated carbocycles. The molecule has 0 bridgehead atoms. The second kappa shape index (κ2) is 6.40. The van der Waals surface area contributed by atoms with E-state index in [1.807, 2.05) is 19.1 Å². The third-order valence-electron chi connectivity index (χ3n) is 2.80. The summed E-state index contributed by atoms with van der Waals surface area (Å²) >= 11 is 1.58. The van der Waals surface area contributed by atoms with Crippen molar-refractivity contribution in [3.05, 3.63) is 39.8 Å². The Morgan fingerprint density at radius 3 is 2.76 bits per heavy atom. The Hall–Kier alpha value is -2.35. The molecule has 8 heteroatoms. The van der Waals surface area contributed by atoms with Crippen LogP contribution >= 0.6 is 11.3 Å². The SMILES string of the molecule is Cc1ccc(CNC(=O)NC(C(=O)O)c2cnn(C)c2)s1. The van der Waals surface area contributed by atoms with Gasteiger partial charge in [0.1, 0.15) is 0 Å². The summed E-state index contributed by atoms with van der Waals surface area (Å²) in [5.74, 6) is -1.13. The van der Waals surface area contributed by atoms with Gasteiger partial charge >= 0.3 is 12.0 Å². The molecule has 0 aromatic carbocycles. The third-order valence-corrected chi connectivity index (χ3v) is 3.80. The molecule has 2 heterocycles. The lowest BCUT2D eigenvalue weighted by atomic mass is 10.1. The van der Waals surface area contributed by atoms with Crippen molar-refractivity contribution in [2.75, 3.05) is 0 Å². The number of hydrogen-bond donors (Lipinski definition) is 3. The van der Waals surface area contributed by atoms with Gasteiger partial charge in [0, 0.05) is 28.6 Å². The van der Waals surface area contributed by atoms with Gasteiger partial charge in [-0.15, -0.1) is 11.3 Å². The molecular formula is C13H16N4O3S. The number of nitrogens with one attached hydrogen (secondary N) is 2. The van der Waals surface area contributed by atoms with Gasteiger partial charge in [0.2, 0.25) is 0 Å². The molecule has 2 amide bonds. The van der Waals surface area contributed by atoms with Crippen LogP contribution in [0, 0.1) is 6.92 Å². The summed E-state index contributed by atoms with van der Waals surface area (Å²) in [6.45, 7) is 2.35. The second-order valence-corrected chi connectivity index (χ2v) is 5.93. The van der Waals surface area contributed by atoms with Crippen molar-refractivity contribution in [2.45, 2.75) is 19.5 Å². The Morgan fingerprint density at radius 2 is 2.24 bits per heavy atom. The normalized spacial score (nSPS) is 11.9. The van der Waals surface area contributed by atoms with E-state index < -0.39 is 18.0 Å². The molecule has 0 aliphatic rings. The Balaban J connectivity index is 1.94. The molecule has 2 rings (SSSR count). The van der Waals surface area contributed by atoms with Crippen molar-refractivity contribution >= 4 is 23.3 Å². The number of carboxylic acids is 1. The van der Waals surface area contributed by atoms with Crippen molar-refractivity contribution in [3.8, 4) is 0 Å². The maximum Gasteiger partial charge on any atom is 0.331 e. The molecule has 7 nitrogen and oxygen atoms in total. The van der Waals surface area contributed by atoms with E-state index in [0.29, 0.717) is 12.1 Å². The molecule has 1 atom stereocenters. The van der Waals surface area contributed by atoms with Crippen LogP contribution in [0.5, 0.6) is 0 Å². The number of aromatic nitrogens is 2. The highest BCUT2D eigenvalue weighted by atomic mass is 32.1. The molecule has 0 saturated heterocycles. The Labute approximate surface area is 125 Å². The highest BCUT2D eigenvalue weighted by Gasteiger charge is 2.23. The molecule has 1 unspecified atom stereocenters. The van der Waals surface area contributed by atoms with E-state index in [1.165, 1.54) is 10.9 Å². The molecule has 0 aliphatic carbocycles. The highest BCUT2D eigenvalue weighted by molar-refractivity contribution is 7.11. The van der Waals surface area contributed by atoms with Crippen LogP contribution in [0.4, 0.5) is 4.79 Å².